The Bertz CT molecular complexity index is 600. The smallest absolute Gasteiger partial charge is 0.328 e. The van der Waals surface area contributed by atoms with Crippen LogP contribution in [0.15, 0.2) is 18.2 Å². The monoisotopic (exact) mass is 343 g/mol. The lowest BCUT2D eigenvalue weighted by Gasteiger charge is -2.22. The Balaban J connectivity index is 2.84. The molecule has 0 aliphatic carbocycles. The van der Waals surface area contributed by atoms with Gasteiger partial charge in [-0.3, -0.25) is 9.59 Å². The van der Waals surface area contributed by atoms with E-state index in [1.807, 2.05) is 0 Å². The first-order valence-electron chi connectivity index (χ1n) is 7.17. The standard InChI is InChI=1S/C16H19F2NO5/c1-9(7-14(21)23-2)15(16(22)24-3)19-13(20)8-10-11(17)5-4-6-12(10)18/h4-6,9,15H,7-8H2,1-3H3,(H,19,20)/t9-,15-/m0/s1. The van der Waals surface area contributed by atoms with Gasteiger partial charge in [0.25, 0.3) is 0 Å². The van der Waals surface area contributed by atoms with Crippen molar-refractivity contribution in [3.05, 3.63) is 35.4 Å². The first kappa shape index (κ1) is 19.5. The summed E-state index contributed by atoms with van der Waals surface area (Å²) in [5, 5.41) is 2.35. The van der Waals surface area contributed by atoms with E-state index >= 15 is 0 Å². The summed E-state index contributed by atoms with van der Waals surface area (Å²) in [6, 6.07) is 2.10. The molecule has 0 aromatic heterocycles. The summed E-state index contributed by atoms with van der Waals surface area (Å²) < 4.78 is 36.3. The van der Waals surface area contributed by atoms with Crippen LogP contribution in [0.3, 0.4) is 0 Å². The number of amides is 1. The number of methoxy groups -OCH3 is 2. The molecule has 0 heterocycles. The average Bonchev–Trinajstić information content (AvgIpc) is 2.55. The molecule has 1 aromatic carbocycles. The van der Waals surface area contributed by atoms with Crippen LogP contribution >= 0.6 is 0 Å². The fourth-order valence-electron chi connectivity index (χ4n) is 2.11. The molecule has 8 heteroatoms. The molecule has 1 rings (SSSR count). The lowest BCUT2D eigenvalue weighted by Crippen LogP contribution is -2.47. The number of hydrogen-bond donors (Lipinski definition) is 1. The molecule has 132 valence electrons. The molecule has 1 N–H and O–H groups in total. The van der Waals surface area contributed by atoms with Gasteiger partial charge in [0.15, 0.2) is 0 Å². The number of esters is 2. The predicted octanol–water partition coefficient (Wildman–Crippen LogP) is 1.36. The highest BCUT2D eigenvalue weighted by atomic mass is 19.1. The van der Waals surface area contributed by atoms with E-state index < -0.39 is 53.4 Å². The van der Waals surface area contributed by atoms with E-state index in [-0.39, 0.29) is 6.42 Å². The summed E-state index contributed by atoms with van der Waals surface area (Å²) in [6.07, 6.45) is -0.721. The molecule has 0 spiro atoms. The maximum atomic E-state index is 13.6. The van der Waals surface area contributed by atoms with Gasteiger partial charge >= 0.3 is 11.9 Å². The second kappa shape index (κ2) is 8.95. The Morgan fingerprint density at radius 3 is 2.21 bits per heavy atom. The molecule has 0 bridgehead atoms. The Hall–Kier alpha value is -2.51. The third-order valence-electron chi connectivity index (χ3n) is 3.46. The second-order valence-corrected chi connectivity index (χ2v) is 5.20. The highest BCUT2D eigenvalue weighted by molar-refractivity contribution is 5.86. The molecule has 0 saturated heterocycles. The number of carbonyl (C=O) groups excluding carboxylic acids is 3. The molecular weight excluding hydrogens is 324 g/mol. The minimum absolute atomic E-state index is 0.134. The van der Waals surface area contributed by atoms with Crippen molar-refractivity contribution >= 4 is 17.8 Å². The fraction of sp³-hybridized carbons (Fsp3) is 0.438. The molecule has 2 atom stereocenters. The van der Waals surface area contributed by atoms with Gasteiger partial charge in [0.2, 0.25) is 5.91 Å². The number of ether oxygens (including phenoxy) is 2. The van der Waals surface area contributed by atoms with Crippen molar-refractivity contribution in [2.75, 3.05) is 14.2 Å². The van der Waals surface area contributed by atoms with Crippen LogP contribution in [0.5, 0.6) is 0 Å². The van der Waals surface area contributed by atoms with E-state index in [0.717, 1.165) is 19.2 Å². The van der Waals surface area contributed by atoms with Gasteiger partial charge in [-0.2, -0.15) is 0 Å². The fourth-order valence-corrected chi connectivity index (χ4v) is 2.11. The summed E-state index contributed by atoms with van der Waals surface area (Å²) in [4.78, 5) is 35.2. The third kappa shape index (κ3) is 5.29. The Morgan fingerprint density at radius 1 is 1.12 bits per heavy atom. The van der Waals surface area contributed by atoms with Crippen LogP contribution in [0, 0.1) is 17.6 Å². The van der Waals surface area contributed by atoms with Crippen molar-refractivity contribution < 1.29 is 32.6 Å². The van der Waals surface area contributed by atoms with E-state index in [1.54, 1.807) is 6.92 Å². The summed E-state index contributed by atoms with van der Waals surface area (Å²) in [6.45, 7) is 1.54. The van der Waals surface area contributed by atoms with Crippen LogP contribution in [0.25, 0.3) is 0 Å². The molecule has 1 amide bonds. The second-order valence-electron chi connectivity index (χ2n) is 5.20. The van der Waals surface area contributed by atoms with Crippen molar-refractivity contribution in [1.82, 2.24) is 5.32 Å². The zero-order valence-corrected chi connectivity index (χ0v) is 13.6. The summed E-state index contributed by atoms with van der Waals surface area (Å²) in [7, 11) is 2.32. The van der Waals surface area contributed by atoms with E-state index in [4.69, 9.17) is 0 Å². The van der Waals surface area contributed by atoms with Crippen LogP contribution in [0.1, 0.15) is 18.9 Å². The topological polar surface area (TPSA) is 81.7 Å². The van der Waals surface area contributed by atoms with Crippen LogP contribution in [-0.2, 0) is 30.3 Å². The highest BCUT2D eigenvalue weighted by Crippen LogP contribution is 2.14. The molecule has 0 fully saturated rings. The minimum atomic E-state index is -1.14. The quantitative estimate of drug-likeness (QED) is 0.756. The van der Waals surface area contributed by atoms with Gasteiger partial charge in [-0.1, -0.05) is 13.0 Å². The molecule has 24 heavy (non-hydrogen) atoms. The molecule has 0 aliphatic rings. The largest absolute Gasteiger partial charge is 0.469 e. The van der Waals surface area contributed by atoms with Gasteiger partial charge in [-0.25, -0.2) is 13.6 Å². The number of halogens is 2. The summed E-state index contributed by atoms with van der Waals surface area (Å²) >= 11 is 0. The molecule has 0 unspecified atom stereocenters. The average molecular weight is 343 g/mol. The number of benzene rings is 1. The lowest BCUT2D eigenvalue weighted by molar-refractivity contribution is -0.148. The molecule has 0 radical (unpaired) electrons. The lowest BCUT2D eigenvalue weighted by atomic mass is 9.97. The van der Waals surface area contributed by atoms with Crippen LogP contribution in [0.4, 0.5) is 8.78 Å². The Morgan fingerprint density at radius 2 is 1.71 bits per heavy atom. The van der Waals surface area contributed by atoms with Crippen LogP contribution in [0.2, 0.25) is 0 Å². The van der Waals surface area contributed by atoms with Crippen molar-refractivity contribution in [2.45, 2.75) is 25.8 Å². The molecule has 0 saturated carbocycles. The zero-order chi connectivity index (χ0) is 18.3. The van der Waals surface area contributed by atoms with E-state index in [2.05, 4.69) is 14.8 Å². The van der Waals surface area contributed by atoms with Crippen molar-refractivity contribution in [1.29, 1.82) is 0 Å². The predicted molar refractivity (Wildman–Crippen MR) is 79.8 cm³/mol. The first-order chi connectivity index (χ1) is 11.3. The van der Waals surface area contributed by atoms with Gasteiger partial charge in [0.1, 0.15) is 17.7 Å². The maximum absolute atomic E-state index is 13.6. The van der Waals surface area contributed by atoms with Gasteiger partial charge in [-0.05, 0) is 18.1 Å². The third-order valence-corrected chi connectivity index (χ3v) is 3.46. The molecule has 1 aromatic rings. The normalized spacial score (nSPS) is 12.9. The minimum Gasteiger partial charge on any atom is -0.469 e. The Kier molecular flexibility index (Phi) is 7.29. The van der Waals surface area contributed by atoms with Crippen molar-refractivity contribution in [3.8, 4) is 0 Å². The van der Waals surface area contributed by atoms with Crippen LogP contribution < -0.4 is 5.32 Å². The Labute approximate surface area is 138 Å². The molecular formula is C16H19F2NO5. The van der Waals surface area contributed by atoms with Gasteiger partial charge in [0.05, 0.1) is 27.1 Å². The van der Waals surface area contributed by atoms with E-state index in [1.165, 1.54) is 13.2 Å². The van der Waals surface area contributed by atoms with Crippen molar-refractivity contribution in [2.24, 2.45) is 5.92 Å². The van der Waals surface area contributed by atoms with Crippen LogP contribution in [-0.4, -0.2) is 38.1 Å². The van der Waals surface area contributed by atoms with Crippen molar-refractivity contribution in [3.63, 3.8) is 0 Å². The highest BCUT2D eigenvalue weighted by Gasteiger charge is 2.30. The maximum Gasteiger partial charge on any atom is 0.328 e. The SMILES string of the molecule is COC(=O)C[C@H](C)[C@H](NC(=O)Cc1c(F)cccc1F)C(=O)OC. The van der Waals surface area contributed by atoms with Gasteiger partial charge in [0, 0.05) is 5.56 Å². The summed E-state index contributed by atoms with van der Waals surface area (Å²) in [5.74, 6) is -4.45. The molecule has 6 nitrogen and oxygen atoms in total. The van der Waals surface area contributed by atoms with Gasteiger partial charge < -0.3 is 14.8 Å². The number of rotatable bonds is 7. The van der Waals surface area contributed by atoms with Gasteiger partial charge in [-0.15, -0.1) is 0 Å². The first-order valence-corrected chi connectivity index (χ1v) is 7.17. The number of hydrogen-bond acceptors (Lipinski definition) is 5. The van der Waals surface area contributed by atoms with E-state index in [0.29, 0.717) is 0 Å². The van der Waals surface area contributed by atoms with E-state index in [9.17, 15) is 23.2 Å². The zero-order valence-electron chi connectivity index (χ0n) is 13.6. The number of nitrogens with one attached hydrogen (secondary N) is 1. The number of carbonyl (C=O) groups is 3. The molecule has 0 aliphatic heterocycles. The summed E-state index contributed by atoms with van der Waals surface area (Å²) in [5.41, 5.74) is -0.403.